The number of hydrogen-bond donors (Lipinski definition) is 2. The van der Waals surface area contributed by atoms with E-state index in [1.165, 1.54) is 0 Å². The molecule has 27 heavy (non-hydrogen) atoms. The Morgan fingerprint density at radius 3 is 2.48 bits per heavy atom. The Bertz CT molecular complexity index is 942. The summed E-state index contributed by atoms with van der Waals surface area (Å²) in [5.74, 6) is -0.284. The molecule has 0 aliphatic heterocycles. The van der Waals surface area contributed by atoms with Crippen molar-refractivity contribution >= 4 is 23.3 Å². The van der Waals surface area contributed by atoms with Crippen LogP contribution in [0.4, 0.5) is 5.69 Å². The van der Waals surface area contributed by atoms with E-state index in [4.69, 9.17) is 21.4 Å². The highest BCUT2D eigenvalue weighted by atomic mass is 35.5. The van der Waals surface area contributed by atoms with Gasteiger partial charge >= 0.3 is 5.97 Å². The van der Waals surface area contributed by atoms with Gasteiger partial charge in [-0.2, -0.15) is 0 Å². The molecule has 0 fully saturated rings. The molecule has 0 aliphatic rings. The predicted molar refractivity (Wildman–Crippen MR) is 108 cm³/mol. The third kappa shape index (κ3) is 5.02. The van der Waals surface area contributed by atoms with Crippen LogP contribution in [-0.4, -0.2) is 11.1 Å². The highest BCUT2D eigenvalue weighted by Crippen LogP contribution is 2.27. The van der Waals surface area contributed by atoms with Crippen molar-refractivity contribution in [2.24, 2.45) is 0 Å². The summed E-state index contributed by atoms with van der Waals surface area (Å²) in [6.45, 7) is 2.92. The molecule has 0 saturated carbocycles. The molecule has 0 aromatic heterocycles. The molecule has 0 atom stereocenters. The number of carbonyl (C=O) groups is 1. The second-order valence-corrected chi connectivity index (χ2v) is 6.63. The number of nitrogens with one attached hydrogen (secondary N) is 1. The van der Waals surface area contributed by atoms with Gasteiger partial charge in [0.15, 0.2) is 0 Å². The summed E-state index contributed by atoms with van der Waals surface area (Å²) in [4.78, 5) is 11.0. The molecule has 3 aromatic carbocycles. The van der Waals surface area contributed by atoms with E-state index in [9.17, 15) is 4.79 Å². The number of carboxylic acids is 1. The average molecular weight is 382 g/mol. The Balaban J connectivity index is 1.61. The number of carboxylic acid groups (broad SMARTS) is 1. The average Bonchev–Trinajstić information content (AvgIpc) is 2.67. The Morgan fingerprint density at radius 2 is 1.81 bits per heavy atom. The molecule has 0 spiro atoms. The molecule has 2 N–H and O–H groups in total. The van der Waals surface area contributed by atoms with Crippen LogP contribution in [0.15, 0.2) is 66.7 Å². The number of rotatable bonds is 7. The smallest absolute Gasteiger partial charge is 0.335 e. The van der Waals surface area contributed by atoms with Gasteiger partial charge in [0.05, 0.1) is 10.6 Å². The van der Waals surface area contributed by atoms with Crippen LogP contribution in [0.1, 0.15) is 27.0 Å². The lowest BCUT2D eigenvalue weighted by Gasteiger charge is -2.12. The van der Waals surface area contributed by atoms with Crippen LogP contribution < -0.4 is 10.1 Å². The van der Waals surface area contributed by atoms with Crippen molar-refractivity contribution in [3.8, 4) is 5.75 Å². The fraction of sp³-hybridized carbons (Fsp3) is 0.136. The molecule has 138 valence electrons. The summed E-state index contributed by atoms with van der Waals surface area (Å²) >= 11 is 6.35. The molecule has 0 bridgehead atoms. The number of anilines is 1. The highest BCUT2D eigenvalue weighted by molar-refractivity contribution is 6.32. The van der Waals surface area contributed by atoms with E-state index in [2.05, 4.69) is 5.32 Å². The van der Waals surface area contributed by atoms with Gasteiger partial charge in [-0.3, -0.25) is 0 Å². The topological polar surface area (TPSA) is 58.6 Å². The van der Waals surface area contributed by atoms with Gasteiger partial charge in [0, 0.05) is 12.2 Å². The lowest BCUT2D eigenvalue weighted by Crippen LogP contribution is -2.03. The molecular weight excluding hydrogens is 362 g/mol. The minimum absolute atomic E-state index is 0.279. The van der Waals surface area contributed by atoms with Crippen LogP contribution in [-0.2, 0) is 13.2 Å². The van der Waals surface area contributed by atoms with Crippen LogP contribution in [0, 0.1) is 6.92 Å². The van der Waals surface area contributed by atoms with E-state index in [0.717, 1.165) is 22.4 Å². The van der Waals surface area contributed by atoms with Gasteiger partial charge in [-0.05, 0) is 53.9 Å². The van der Waals surface area contributed by atoms with Crippen molar-refractivity contribution in [3.63, 3.8) is 0 Å². The SMILES string of the molecule is Cc1cc(C(=O)O)ccc1NCc1ccc(OCc2ccccc2)c(Cl)c1. The van der Waals surface area contributed by atoms with Crippen LogP contribution >= 0.6 is 11.6 Å². The number of hydrogen-bond acceptors (Lipinski definition) is 3. The van der Waals surface area contributed by atoms with Gasteiger partial charge in [-0.1, -0.05) is 48.0 Å². The van der Waals surface area contributed by atoms with Gasteiger partial charge in [0.25, 0.3) is 0 Å². The summed E-state index contributed by atoms with van der Waals surface area (Å²) in [5.41, 5.74) is 4.14. The lowest BCUT2D eigenvalue weighted by atomic mass is 10.1. The molecule has 4 nitrogen and oxygen atoms in total. The van der Waals surface area contributed by atoms with E-state index in [-0.39, 0.29) is 5.56 Å². The number of benzene rings is 3. The van der Waals surface area contributed by atoms with Gasteiger partial charge in [0.2, 0.25) is 0 Å². The third-order valence-electron chi connectivity index (χ3n) is 4.19. The van der Waals surface area contributed by atoms with Gasteiger partial charge in [-0.15, -0.1) is 0 Å². The highest BCUT2D eigenvalue weighted by Gasteiger charge is 2.07. The molecule has 0 aliphatic carbocycles. The standard InChI is InChI=1S/C22H20ClNO3/c1-15-11-18(22(25)26)8-9-20(15)24-13-17-7-10-21(19(23)12-17)27-14-16-5-3-2-4-6-16/h2-12,24H,13-14H2,1H3,(H,25,26). The van der Waals surface area contributed by atoms with Crippen LogP contribution in [0.3, 0.4) is 0 Å². The molecule has 0 unspecified atom stereocenters. The number of halogens is 1. The molecule has 0 saturated heterocycles. The first-order valence-corrected chi connectivity index (χ1v) is 8.93. The Morgan fingerprint density at radius 1 is 1.04 bits per heavy atom. The van der Waals surface area contributed by atoms with E-state index < -0.39 is 5.97 Å². The largest absolute Gasteiger partial charge is 0.487 e. The maximum absolute atomic E-state index is 11.0. The first-order chi connectivity index (χ1) is 13.0. The molecule has 3 rings (SSSR count). The number of ether oxygens (including phenoxy) is 1. The van der Waals surface area contributed by atoms with Crippen molar-refractivity contribution in [1.29, 1.82) is 0 Å². The van der Waals surface area contributed by atoms with E-state index in [0.29, 0.717) is 23.9 Å². The second kappa shape index (κ2) is 8.60. The first kappa shape index (κ1) is 18.8. The maximum Gasteiger partial charge on any atom is 0.335 e. The van der Waals surface area contributed by atoms with Crippen molar-refractivity contribution in [2.45, 2.75) is 20.1 Å². The van der Waals surface area contributed by atoms with Gasteiger partial charge in [0.1, 0.15) is 12.4 Å². The van der Waals surface area contributed by atoms with Gasteiger partial charge < -0.3 is 15.2 Å². The minimum Gasteiger partial charge on any atom is -0.487 e. The summed E-state index contributed by atoms with van der Waals surface area (Å²) < 4.78 is 5.79. The fourth-order valence-electron chi connectivity index (χ4n) is 2.70. The lowest BCUT2D eigenvalue weighted by molar-refractivity contribution is 0.0697. The molecule has 3 aromatic rings. The molecule has 0 heterocycles. The summed E-state index contributed by atoms with van der Waals surface area (Å²) in [7, 11) is 0. The maximum atomic E-state index is 11.0. The molecule has 0 amide bonds. The van der Waals surface area contributed by atoms with E-state index in [1.807, 2.05) is 55.5 Å². The van der Waals surface area contributed by atoms with E-state index in [1.54, 1.807) is 18.2 Å². The summed E-state index contributed by atoms with van der Waals surface area (Å²) in [5, 5.41) is 12.9. The second-order valence-electron chi connectivity index (χ2n) is 6.23. The van der Waals surface area contributed by atoms with Crippen molar-refractivity contribution in [2.75, 3.05) is 5.32 Å². The van der Waals surface area contributed by atoms with Crippen LogP contribution in [0.25, 0.3) is 0 Å². The van der Waals surface area contributed by atoms with Crippen molar-refractivity contribution in [3.05, 3.63) is 94.0 Å². The normalized spacial score (nSPS) is 10.4. The quantitative estimate of drug-likeness (QED) is 0.564. The summed E-state index contributed by atoms with van der Waals surface area (Å²) in [6.07, 6.45) is 0. The zero-order valence-corrected chi connectivity index (χ0v) is 15.7. The molecular formula is C22H20ClNO3. The monoisotopic (exact) mass is 381 g/mol. The summed E-state index contributed by atoms with van der Waals surface area (Å²) in [6, 6.07) is 20.6. The zero-order chi connectivity index (χ0) is 19.2. The van der Waals surface area contributed by atoms with Crippen molar-refractivity contribution in [1.82, 2.24) is 0 Å². The predicted octanol–water partition coefficient (Wildman–Crippen LogP) is 5.54. The Labute approximate surface area is 163 Å². The number of aryl methyl sites for hydroxylation is 1. The fourth-order valence-corrected chi connectivity index (χ4v) is 2.96. The van der Waals surface area contributed by atoms with Crippen molar-refractivity contribution < 1.29 is 14.6 Å². The molecule has 5 heteroatoms. The minimum atomic E-state index is -0.928. The zero-order valence-electron chi connectivity index (χ0n) is 14.9. The van der Waals surface area contributed by atoms with E-state index >= 15 is 0 Å². The number of aromatic carboxylic acids is 1. The Kier molecular flexibility index (Phi) is 5.99. The first-order valence-electron chi connectivity index (χ1n) is 8.56. The Hall–Kier alpha value is -2.98. The van der Waals surface area contributed by atoms with Crippen LogP contribution in [0.2, 0.25) is 5.02 Å². The van der Waals surface area contributed by atoms with Gasteiger partial charge in [-0.25, -0.2) is 4.79 Å². The molecule has 0 radical (unpaired) electrons. The van der Waals surface area contributed by atoms with Crippen LogP contribution in [0.5, 0.6) is 5.75 Å². The third-order valence-corrected chi connectivity index (χ3v) is 4.49.